The summed E-state index contributed by atoms with van der Waals surface area (Å²) in [5.74, 6) is 0. The van der Waals surface area contributed by atoms with E-state index in [4.69, 9.17) is 15.6 Å². The smallest absolute Gasteiger partial charge is 0.106 e. The van der Waals surface area contributed by atoms with Gasteiger partial charge in [-0.2, -0.15) is 0 Å². The van der Waals surface area contributed by atoms with Gasteiger partial charge in [-0.3, -0.25) is 0 Å². The molecule has 1 unspecified atom stereocenters. The molecule has 3 N–H and O–H groups in total. The van der Waals surface area contributed by atoms with Gasteiger partial charge in [0.25, 0.3) is 0 Å². The summed E-state index contributed by atoms with van der Waals surface area (Å²) in [6.07, 6.45) is 5.10. The molecule has 0 spiro atoms. The summed E-state index contributed by atoms with van der Waals surface area (Å²) < 4.78 is 6.08. The SMILES string of the molecule is NCC1(OCCCO)CCCCc2ccccc21. The Morgan fingerprint density at radius 2 is 2.11 bits per heavy atom. The van der Waals surface area contributed by atoms with Gasteiger partial charge < -0.3 is 15.6 Å². The van der Waals surface area contributed by atoms with E-state index in [2.05, 4.69) is 24.3 Å². The summed E-state index contributed by atoms with van der Waals surface area (Å²) in [5, 5.41) is 8.89. The fourth-order valence-corrected chi connectivity index (χ4v) is 2.80. The topological polar surface area (TPSA) is 55.5 Å². The van der Waals surface area contributed by atoms with Crippen molar-refractivity contribution in [3.8, 4) is 0 Å². The van der Waals surface area contributed by atoms with Crippen LogP contribution in [-0.4, -0.2) is 24.9 Å². The molecular weight excluding hydrogens is 226 g/mol. The molecule has 0 bridgehead atoms. The second-order valence-corrected chi connectivity index (χ2v) is 4.99. The highest BCUT2D eigenvalue weighted by Crippen LogP contribution is 2.36. The number of benzene rings is 1. The van der Waals surface area contributed by atoms with E-state index in [-0.39, 0.29) is 12.2 Å². The number of aliphatic hydroxyl groups excluding tert-OH is 1. The molecule has 3 nitrogen and oxygen atoms in total. The van der Waals surface area contributed by atoms with E-state index in [9.17, 15) is 0 Å². The molecule has 1 atom stereocenters. The van der Waals surface area contributed by atoms with Gasteiger partial charge in [-0.1, -0.05) is 24.3 Å². The first kappa shape index (κ1) is 13.5. The number of fused-ring (bicyclic) bond motifs is 1. The molecule has 2 rings (SSSR count). The van der Waals surface area contributed by atoms with Gasteiger partial charge in [0.05, 0.1) is 6.61 Å². The van der Waals surface area contributed by atoms with Crippen LogP contribution < -0.4 is 5.73 Å². The molecule has 0 aliphatic heterocycles. The van der Waals surface area contributed by atoms with Gasteiger partial charge in [0, 0.05) is 13.2 Å². The van der Waals surface area contributed by atoms with Crippen molar-refractivity contribution in [2.45, 2.75) is 37.7 Å². The van der Waals surface area contributed by atoms with E-state index in [1.165, 1.54) is 17.5 Å². The van der Waals surface area contributed by atoms with E-state index >= 15 is 0 Å². The van der Waals surface area contributed by atoms with Gasteiger partial charge in [-0.05, 0) is 43.2 Å². The Balaban J connectivity index is 2.27. The van der Waals surface area contributed by atoms with Crippen molar-refractivity contribution in [3.63, 3.8) is 0 Å². The Bertz CT molecular complexity index is 381. The Kier molecular flexibility index (Phi) is 4.75. The molecule has 0 saturated carbocycles. The number of rotatable bonds is 5. The standard InChI is InChI=1S/C15H23NO2/c16-12-15(18-11-5-10-17)9-4-3-7-13-6-1-2-8-14(13)15/h1-2,6,8,17H,3-5,7,9-12,16H2. The first-order valence-corrected chi connectivity index (χ1v) is 6.86. The average Bonchev–Trinajstić information content (AvgIpc) is 2.60. The normalized spacial score (nSPS) is 23.4. The van der Waals surface area contributed by atoms with Crippen molar-refractivity contribution in [1.82, 2.24) is 0 Å². The van der Waals surface area contributed by atoms with Crippen molar-refractivity contribution in [1.29, 1.82) is 0 Å². The Morgan fingerprint density at radius 3 is 2.89 bits per heavy atom. The molecule has 0 aromatic heterocycles. The van der Waals surface area contributed by atoms with Crippen LogP contribution in [-0.2, 0) is 16.8 Å². The number of ether oxygens (including phenoxy) is 1. The molecule has 3 heteroatoms. The average molecular weight is 249 g/mol. The highest BCUT2D eigenvalue weighted by atomic mass is 16.5. The summed E-state index contributed by atoms with van der Waals surface area (Å²) in [6.45, 7) is 1.25. The lowest BCUT2D eigenvalue weighted by molar-refractivity contribution is -0.0545. The van der Waals surface area contributed by atoms with E-state index < -0.39 is 0 Å². The molecule has 0 amide bonds. The summed E-state index contributed by atoms with van der Waals surface area (Å²) in [7, 11) is 0. The minimum atomic E-state index is -0.345. The third-order valence-corrected chi connectivity index (χ3v) is 3.80. The van der Waals surface area contributed by atoms with Crippen molar-refractivity contribution in [2.24, 2.45) is 5.73 Å². The lowest BCUT2D eigenvalue weighted by Gasteiger charge is -2.33. The number of hydrogen-bond donors (Lipinski definition) is 2. The quantitative estimate of drug-likeness (QED) is 0.619. The molecule has 1 aliphatic carbocycles. The van der Waals surface area contributed by atoms with Crippen LogP contribution in [0.4, 0.5) is 0 Å². The Hall–Kier alpha value is -0.900. The zero-order valence-electron chi connectivity index (χ0n) is 10.9. The lowest BCUT2D eigenvalue weighted by atomic mass is 9.87. The maximum absolute atomic E-state index is 8.89. The first-order valence-electron chi connectivity index (χ1n) is 6.86. The van der Waals surface area contributed by atoms with Gasteiger partial charge in [0.15, 0.2) is 0 Å². The third-order valence-electron chi connectivity index (χ3n) is 3.80. The van der Waals surface area contributed by atoms with Gasteiger partial charge in [0.1, 0.15) is 5.60 Å². The molecule has 1 aromatic carbocycles. The second-order valence-electron chi connectivity index (χ2n) is 4.99. The van der Waals surface area contributed by atoms with Crippen molar-refractivity contribution in [3.05, 3.63) is 35.4 Å². The lowest BCUT2D eigenvalue weighted by Crippen LogP contribution is -2.38. The Labute approximate surface area is 109 Å². The summed E-state index contributed by atoms with van der Waals surface area (Å²) in [4.78, 5) is 0. The maximum atomic E-state index is 8.89. The first-order chi connectivity index (χ1) is 8.82. The minimum absolute atomic E-state index is 0.169. The third kappa shape index (κ3) is 2.74. The zero-order chi connectivity index (χ0) is 12.8. The Morgan fingerprint density at radius 1 is 1.28 bits per heavy atom. The van der Waals surface area contributed by atoms with E-state index in [0.717, 1.165) is 19.3 Å². The summed E-state index contributed by atoms with van der Waals surface area (Å²) >= 11 is 0. The fraction of sp³-hybridized carbons (Fsp3) is 0.600. The molecule has 0 radical (unpaired) electrons. The molecule has 0 heterocycles. The van der Waals surface area contributed by atoms with Crippen LogP contribution in [0.3, 0.4) is 0 Å². The van der Waals surface area contributed by atoms with Crippen molar-refractivity contribution >= 4 is 0 Å². The summed E-state index contributed by atoms with van der Waals surface area (Å²) in [5.41, 5.74) is 8.29. The molecule has 1 aliphatic rings. The van der Waals surface area contributed by atoms with Crippen LogP contribution >= 0.6 is 0 Å². The number of nitrogens with two attached hydrogens (primary N) is 1. The summed E-state index contributed by atoms with van der Waals surface area (Å²) in [6, 6.07) is 8.47. The minimum Gasteiger partial charge on any atom is -0.396 e. The zero-order valence-corrected chi connectivity index (χ0v) is 10.9. The van der Waals surface area contributed by atoms with Crippen LogP contribution in [0.2, 0.25) is 0 Å². The highest BCUT2D eigenvalue weighted by molar-refractivity contribution is 5.34. The predicted molar refractivity (Wildman–Crippen MR) is 72.4 cm³/mol. The van der Waals surface area contributed by atoms with E-state index in [1.807, 2.05) is 0 Å². The molecule has 18 heavy (non-hydrogen) atoms. The molecule has 0 saturated heterocycles. The van der Waals surface area contributed by atoms with Crippen LogP contribution in [0.5, 0.6) is 0 Å². The number of aryl methyl sites for hydroxylation is 1. The molecule has 0 fully saturated rings. The monoisotopic (exact) mass is 249 g/mol. The highest BCUT2D eigenvalue weighted by Gasteiger charge is 2.34. The second kappa shape index (κ2) is 6.32. The van der Waals surface area contributed by atoms with Crippen LogP contribution in [0.1, 0.15) is 36.8 Å². The largest absolute Gasteiger partial charge is 0.396 e. The molecular formula is C15H23NO2. The van der Waals surface area contributed by atoms with Gasteiger partial charge in [-0.15, -0.1) is 0 Å². The van der Waals surface area contributed by atoms with Crippen LogP contribution in [0, 0.1) is 0 Å². The predicted octanol–water partition coefficient (Wildman–Crippen LogP) is 1.97. The van der Waals surface area contributed by atoms with Crippen LogP contribution in [0.15, 0.2) is 24.3 Å². The maximum Gasteiger partial charge on any atom is 0.106 e. The fourth-order valence-electron chi connectivity index (χ4n) is 2.80. The molecule has 100 valence electrons. The molecule has 1 aromatic rings. The van der Waals surface area contributed by atoms with Crippen LogP contribution in [0.25, 0.3) is 0 Å². The van der Waals surface area contributed by atoms with Gasteiger partial charge in [0.2, 0.25) is 0 Å². The van der Waals surface area contributed by atoms with E-state index in [1.54, 1.807) is 0 Å². The number of hydrogen-bond acceptors (Lipinski definition) is 3. The number of aliphatic hydroxyl groups is 1. The van der Waals surface area contributed by atoms with Crippen molar-refractivity contribution < 1.29 is 9.84 Å². The van der Waals surface area contributed by atoms with Gasteiger partial charge in [-0.25, -0.2) is 0 Å². The van der Waals surface area contributed by atoms with Gasteiger partial charge >= 0.3 is 0 Å². The van der Waals surface area contributed by atoms with E-state index in [0.29, 0.717) is 19.6 Å². The van der Waals surface area contributed by atoms with Crippen molar-refractivity contribution in [2.75, 3.05) is 19.8 Å².